The minimum absolute atomic E-state index is 0.206. The van der Waals surface area contributed by atoms with Gasteiger partial charge in [-0.25, -0.2) is 0 Å². The molecule has 0 saturated carbocycles. The monoisotopic (exact) mass is 583 g/mol. The lowest BCUT2D eigenvalue weighted by molar-refractivity contribution is 0.561. The van der Waals surface area contributed by atoms with Crippen molar-refractivity contribution in [2.45, 2.75) is 51.9 Å². The summed E-state index contributed by atoms with van der Waals surface area (Å²) in [5, 5.41) is 7.20. The van der Waals surface area contributed by atoms with Gasteiger partial charge < -0.3 is 13.4 Å². The fraction of sp³-hybridized carbons (Fsp3) is 0.190. The maximum atomic E-state index is 6.74. The van der Waals surface area contributed by atoms with E-state index in [-0.39, 0.29) is 5.92 Å². The van der Waals surface area contributed by atoms with Crippen LogP contribution in [0.3, 0.4) is 0 Å². The average Bonchev–Trinajstić information content (AvgIpc) is 3.80. The van der Waals surface area contributed by atoms with Crippen LogP contribution in [0.4, 0.5) is 0 Å². The number of rotatable bonds is 3. The molecule has 0 fully saturated rings. The van der Waals surface area contributed by atoms with Crippen LogP contribution >= 0.6 is 0 Å². The van der Waals surface area contributed by atoms with Crippen molar-refractivity contribution in [3.8, 4) is 11.1 Å². The largest absolute Gasteiger partial charge is 0.454 e. The number of nitrogens with zero attached hydrogens (tertiary/aromatic N) is 1. The first-order valence-corrected chi connectivity index (χ1v) is 16.3. The summed E-state index contributed by atoms with van der Waals surface area (Å²) in [6.07, 6.45) is 3.34. The zero-order valence-corrected chi connectivity index (χ0v) is 25.9. The minimum atomic E-state index is 0.206. The summed E-state index contributed by atoms with van der Waals surface area (Å²) in [5.74, 6) is 1.13. The predicted octanol–water partition coefficient (Wildman–Crippen LogP) is 10.3. The average molecular weight is 584 g/mol. The number of furan rings is 2. The van der Waals surface area contributed by atoms with Crippen LogP contribution in [0.15, 0.2) is 99.8 Å². The Morgan fingerprint density at radius 3 is 2.04 bits per heavy atom. The standard InChI is InChI=1S/C42H33NO2/c1-22(2)24-17-25(23(3)4)19-26(18-24)27-20-34-30-13-15-32-28-9-5-7-11-36(28)44-41(32)39(30)43-38(34)35(21-27)31-14-16-33-29-10-6-8-12-37(29)45-42(33)40(31)43/h5-13,15-23,31H,14H2,1-4H3. The molecular weight excluding hydrogens is 550 g/mol. The molecule has 1 aliphatic heterocycles. The Morgan fingerprint density at radius 2 is 1.29 bits per heavy atom. The maximum Gasteiger partial charge on any atom is 0.160 e. The van der Waals surface area contributed by atoms with Crippen LogP contribution in [0.5, 0.6) is 0 Å². The van der Waals surface area contributed by atoms with Gasteiger partial charge in [0, 0.05) is 38.1 Å². The second kappa shape index (κ2) is 8.79. The van der Waals surface area contributed by atoms with Crippen LogP contribution in [-0.2, 0) is 0 Å². The quantitative estimate of drug-likeness (QED) is 0.207. The number of hydrogen-bond donors (Lipinski definition) is 0. The topological polar surface area (TPSA) is 31.2 Å². The summed E-state index contributed by atoms with van der Waals surface area (Å²) in [6.45, 7) is 9.18. The molecule has 0 saturated heterocycles. The molecular formula is C42H33NO2. The second-order valence-corrected chi connectivity index (χ2v) is 13.7. The first kappa shape index (κ1) is 25.3. The minimum Gasteiger partial charge on any atom is -0.454 e. The van der Waals surface area contributed by atoms with E-state index >= 15 is 0 Å². The fourth-order valence-corrected chi connectivity index (χ4v) is 8.12. The Kier molecular flexibility index (Phi) is 4.95. The molecule has 3 heteroatoms. The number of fused-ring (bicyclic) bond motifs is 13. The van der Waals surface area contributed by atoms with Gasteiger partial charge in [-0.15, -0.1) is 0 Å². The van der Waals surface area contributed by atoms with Gasteiger partial charge in [0.05, 0.1) is 16.7 Å². The van der Waals surface area contributed by atoms with E-state index in [2.05, 4.69) is 129 Å². The first-order valence-electron chi connectivity index (χ1n) is 16.3. The maximum absolute atomic E-state index is 6.74. The molecule has 8 aromatic rings. The van der Waals surface area contributed by atoms with Crippen molar-refractivity contribution in [1.29, 1.82) is 0 Å². The molecule has 1 unspecified atom stereocenters. The number of para-hydroxylation sites is 2. The highest BCUT2D eigenvalue weighted by atomic mass is 16.3. The third-order valence-electron chi connectivity index (χ3n) is 10.4. The highest BCUT2D eigenvalue weighted by molar-refractivity contribution is 6.24. The van der Waals surface area contributed by atoms with E-state index in [1.54, 1.807) is 0 Å². The molecule has 3 nitrogen and oxygen atoms in total. The van der Waals surface area contributed by atoms with E-state index in [9.17, 15) is 0 Å². The molecule has 45 heavy (non-hydrogen) atoms. The fourth-order valence-electron chi connectivity index (χ4n) is 8.12. The van der Waals surface area contributed by atoms with Crippen LogP contribution in [0.2, 0.25) is 0 Å². The molecule has 0 spiro atoms. The molecule has 2 aliphatic rings. The number of aromatic nitrogens is 1. The molecule has 3 aromatic heterocycles. The molecule has 4 heterocycles. The lowest BCUT2D eigenvalue weighted by atomic mass is 9.86. The zero-order valence-electron chi connectivity index (χ0n) is 25.9. The number of benzene rings is 5. The Balaban J connectivity index is 1.38. The van der Waals surface area contributed by atoms with Crippen LogP contribution in [0, 0.1) is 0 Å². The lowest BCUT2D eigenvalue weighted by Gasteiger charge is -2.18. The SMILES string of the molecule is CC(C)c1cc(-c2cc3c4c(c2)c2ccc5c6ccccc6oc5c2n4C2=c4oc5ccccc5c4=CCC23)cc(C(C)C)c1. The van der Waals surface area contributed by atoms with Gasteiger partial charge in [0.25, 0.3) is 0 Å². The van der Waals surface area contributed by atoms with E-state index in [0.29, 0.717) is 11.8 Å². The van der Waals surface area contributed by atoms with Gasteiger partial charge in [-0.2, -0.15) is 0 Å². The van der Waals surface area contributed by atoms with Gasteiger partial charge in [0.1, 0.15) is 11.2 Å². The van der Waals surface area contributed by atoms with Crippen molar-refractivity contribution in [3.05, 3.63) is 118 Å². The highest BCUT2D eigenvalue weighted by Gasteiger charge is 2.36. The summed E-state index contributed by atoms with van der Waals surface area (Å²) in [5.41, 5.74) is 14.2. The lowest BCUT2D eigenvalue weighted by Crippen LogP contribution is -2.30. The van der Waals surface area contributed by atoms with Gasteiger partial charge >= 0.3 is 0 Å². The van der Waals surface area contributed by atoms with Crippen LogP contribution in [-0.4, -0.2) is 4.57 Å². The van der Waals surface area contributed by atoms with E-state index < -0.39 is 0 Å². The van der Waals surface area contributed by atoms with Crippen LogP contribution in [0.25, 0.3) is 77.6 Å². The van der Waals surface area contributed by atoms with Crippen molar-refractivity contribution in [3.63, 3.8) is 0 Å². The third kappa shape index (κ3) is 3.31. The first-order chi connectivity index (χ1) is 22.0. The van der Waals surface area contributed by atoms with Crippen molar-refractivity contribution in [1.82, 2.24) is 4.57 Å². The van der Waals surface area contributed by atoms with Crippen LogP contribution in [0.1, 0.15) is 68.6 Å². The van der Waals surface area contributed by atoms with Crippen molar-refractivity contribution < 1.29 is 8.83 Å². The third-order valence-corrected chi connectivity index (χ3v) is 10.4. The van der Waals surface area contributed by atoms with E-state index in [0.717, 1.165) is 44.9 Å². The Morgan fingerprint density at radius 1 is 0.622 bits per heavy atom. The molecule has 1 aliphatic carbocycles. The van der Waals surface area contributed by atoms with Crippen molar-refractivity contribution in [2.24, 2.45) is 0 Å². The van der Waals surface area contributed by atoms with E-state index in [4.69, 9.17) is 8.83 Å². The van der Waals surface area contributed by atoms with E-state index in [1.807, 2.05) is 0 Å². The summed E-state index contributed by atoms with van der Waals surface area (Å²) in [7, 11) is 0. The normalized spacial score (nSPS) is 15.8. The van der Waals surface area contributed by atoms with Gasteiger partial charge in [-0.05, 0) is 76.4 Å². The molecule has 0 N–H and O–H groups in total. The number of hydrogen-bond acceptors (Lipinski definition) is 2. The predicted molar refractivity (Wildman–Crippen MR) is 186 cm³/mol. The van der Waals surface area contributed by atoms with Crippen molar-refractivity contribution >= 4 is 66.5 Å². The Labute approximate surface area is 260 Å². The van der Waals surface area contributed by atoms with Gasteiger partial charge in [-0.1, -0.05) is 94.4 Å². The zero-order chi connectivity index (χ0) is 30.1. The molecule has 0 amide bonds. The molecule has 1 atom stereocenters. The molecule has 0 radical (unpaired) electrons. The summed E-state index contributed by atoms with van der Waals surface area (Å²) >= 11 is 0. The van der Waals surface area contributed by atoms with Crippen molar-refractivity contribution in [2.75, 3.05) is 0 Å². The molecule has 218 valence electrons. The Bertz CT molecular complexity index is 2670. The van der Waals surface area contributed by atoms with Gasteiger partial charge in [0.15, 0.2) is 11.0 Å². The van der Waals surface area contributed by atoms with Gasteiger partial charge in [0.2, 0.25) is 0 Å². The molecule has 5 aromatic carbocycles. The summed E-state index contributed by atoms with van der Waals surface area (Å²) in [6, 6.07) is 33.5. The van der Waals surface area contributed by atoms with Gasteiger partial charge in [-0.3, -0.25) is 0 Å². The smallest absolute Gasteiger partial charge is 0.160 e. The Hall–Kier alpha value is -5.02. The summed E-state index contributed by atoms with van der Waals surface area (Å²) in [4.78, 5) is 0. The highest BCUT2D eigenvalue weighted by Crippen LogP contribution is 2.51. The molecule has 0 bridgehead atoms. The summed E-state index contributed by atoms with van der Waals surface area (Å²) < 4.78 is 15.9. The van der Waals surface area contributed by atoms with E-state index in [1.165, 1.54) is 60.4 Å². The van der Waals surface area contributed by atoms with Crippen LogP contribution < -0.4 is 10.6 Å². The second-order valence-electron chi connectivity index (χ2n) is 13.7. The molecule has 10 rings (SSSR count).